The Bertz CT molecular complexity index is 432. The summed E-state index contributed by atoms with van der Waals surface area (Å²) in [4.78, 5) is 22.2. The fraction of sp³-hybridized carbons (Fsp3) is 0.333. The zero-order chi connectivity index (χ0) is 13.5. The average molecular weight is 251 g/mol. The molecule has 98 valence electrons. The third kappa shape index (κ3) is 5.31. The van der Waals surface area contributed by atoms with Crippen LogP contribution in [0, 0.1) is 0 Å². The summed E-state index contributed by atoms with van der Waals surface area (Å²) in [6, 6.07) is 6.04. The fourth-order valence-corrected chi connectivity index (χ4v) is 1.26. The van der Waals surface area contributed by atoms with Gasteiger partial charge in [-0.05, 0) is 32.0 Å². The van der Waals surface area contributed by atoms with Crippen LogP contribution in [-0.4, -0.2) is 24.6 Å². The molecule has 0 unspecified atom stereocenters. The number of benzene rings is 1. The topological polar surface area (TPSA) is 93.4 Å². The van der Waals surface area contributed by atoms with E-state index in [1.165, 1.54) is 0 Å². The van der Waals surface area contributed by atoms with Crippen LogP contribution >= 0.6 is 0 Å². The summed E-state index contributed by atoms with van der Waals surface area (Å²) in [5, 5.41) is 5.08. The molecule has 1 aromatic rings. The van der Waals surface area contributed by atoms with Crippen molar-refractivity contribution in [1.29, 1.82) is 0 Å². The maximum Gasteiger partial charge on any atom is 0.316 e. The standard InChI is InChI=1S/C12H17N3O3/c1-8(2)18-7-11(16)14-9-4-3-5-10(6-9)15-12(13)17/h3-6,8H,7H2,1-2H3,(H,14,16)(H3,13,15,17). The number of primary amides is 1. The van der Waals surface area contributed by atoms with Crippen molar-refractivity contribution in [1.82, 2.24) is 0 Å². The number of ether oxygens (including phenoxy) is 1. The maximum absolute atomic E-state index is 11.5. The first kappa shape index (κ1) is 14.0. The highest BCUT2D eigenvalue weighted by Crippen LogP contribution is 2.14. The van der Waals surface area contributed by atoms with Crippen molar-refractivity contribution < 1.29 is 14.3 Å². The second-order valence-electron chi connectivity index (χ2n) is 3.98. The van der Waals surface area contributed by atoms with Crippen molar-refractivity contribution in [2.24, 2.45) is 5.73 Å². The van der Waals surface area contributed by atoms with E-state index in [0.29, 0.717) is 11.4 Å². The van der Waals surface area contributed by atoms with Crippen molar-refractivity contribution >= 4 is 23.3 Å². The summed E-state index contributed by atoms with van der Waals surface area (Å²) in [5.41, 5.74) is 6.09. The van der Waals surface area contributed by atoms with Crippen molar-refractivity contribution in [2.75, 3.05) is 17.2 Å². The van der Waals surface area contributed by atoms with Gasteiger partial charge in [0.1, 0.15) is 6.61 Å². The predicted octanol–water partition coefficient (Wildman–Crippen LogP) is 1.54. The van der Waals surface area contributed by atoms with Gasteiger partial charge in [0, 0.05) is 11.4 Å². The lowest BCUT2D eigenvalue weighted by Gasteiger charge is -2.09. The van der Waals surface area contributed by atoms with Gasteiger partial charge in [-0.25, -0.2) is 4.79 Å². The molecular weight excluding hydrogens is 234 g/mol. The number of nitrogens with two attached hydrogens (primary N) is 1. The van der Waals surface area contributed by atoms with Crippen molar-refractivity contribution in [3.05, 3.63) is 24.3 Å². The lowest BCUT2D eigenvalue weighted by Crippen LogP contribution is -2.21. The van der Waals surface area contributed by atoms with E-state index in [-0.39, 0.29) is 18.6 Å². The summed E-state index contributed by atoms with van der Waals surface area (Å²) in [6.07, 6.45) is -0.00128. The second-order valence-corrected chi connectivity index (χ2v) is 3.98. The Hall–Kier alpha value is -2.08. The quantitative estimate of drug-likeness (QED) is 0.741. The van der Waals surface area contributed by atoms with Gasteiger partial charge in [0.2, 0.25) is 5.91 Å². The number of amides is 3. The van der Waals surface area contributed by atoms with Gasteiger partial charge in [0.05, 0.1) is 6.10 Å². The first-order valence-corrected chi connectivity index (χ1v) is 5.55. The van der Waals surface area contributed by atoms with Gasteiger partial charge < -0.3 is 21.1 Å². The molecule has 18 heavy (non-hydrogen) atoms. The number of anilines is 2. The molecule has 0 aliphatic carbocycles. The second kappa shape index (κ2) is 6.61. The minimum absolute atomic E-state index is 0.00128. The molecule has 0 atom stereocenters. The maximum atomic E-state index is 11.5. The smallest absolute Gasteiger partial charge is 0.316 e. The highest BCUT2D eigenvalue weighted by Gasteiger charge is 2.05. The van der Waals surface area contributed by atoms with Crippen LogP contribution in [-0.2, 0) is 9.53 Å². The van der Waals surface area contributed by atoms with Crippen molar-refractivity contribution in [3.63, 3.8) is 0 Å². The average Bonchev–Trinajstić information content (AvgIpc) is 2.26. The van der Waals surface area contributed by atoms with Crippen LogP contribution in [0.2, 0.25) is 0 Å². The number of carbonyl (C=O) groups excluding carboxylic acids is 2. The van der Waals surface area contributed by atoms with E-state index in [1.54, 1.807) is 24.3 Å². The Kier molecular flexibility index (Phi) is 5.13. The summed E-state index contributed by atoms with van der Waals surface area (Å²) >= 11 is 0. The van der Waals surface area contributed by atoms with Gasteiger partial charge in [-0.1, -0.05) is 6.07 Å². The van der Waals surface area contributed by atoms with Gasteiger partial charge >= 0.3 is 6.03 Å². The Morgan fingerprint density at radius 2 is 1.89 bits per heavy atom. The zero-order valence-electron chi connectivity index (χ0n) is 10.4. The Morgan fingerprint density at radius 1 is 1.28 bits per heavy atom. The van der Waals surface area contributed by atoms with Crippen LogP contribution in [0.15, 0.2) is 24.3 Å². The van der Waals surface area contributed by atoms with Gasteiger partial charge in [0.25, 0.3) is 0 Å². The van der Waals surface area contributed by atoms with E-state index in [2.05, 4.69) is 10.6 Å². The number of hydrogen-bond acceptors (Lipinski definition) is 3. The van der Waals surface area contributed by atoms with Crippen LogP contribution in [0.5, 0.6) is 0 Å². The van der Waals surface area contributed by atoms with Crippen molar-refractivity contribution in [3.8, 4) is 0 Å². The molecule has 0 spiro atoms. The van der Waals surface area contributed by atoms with E-state index in [0.717, 1.165) is 0 Å². The summed E-state index contributed by atoms with van der Waals surface area (Å²) in [7, 11) is 0. The molecule has 1 rings (SSSR count). The van der Waals surface area contributed by atoms with E-state index >= 15 is 0 Å². The number of nitrogens with one attached hydrogen (secondary N) is 2. The first-order chi connectivity index (χ1) is 8.47. The third-order valence-corrected chi connectivity index (χ3v) is 1.96. The summed E-state index contributed by atoms with van der Waals surface area (Å²) in [6.45, 7) is 3.69. The largest absolute Gasteiger partial charge is 0.369 e. The minimum Gasteiger partial charge on any atom is -0.369 e. The zero-order valence-corrected chi connectivity index (χ0v) is 10.4. The van der Waals surface area contributed by atoms with Crippen LogP contribution in [0.3, 0.4) is 0 Å². The SMILES string of the molecule is CC(C)OCC(=O)Nc1cccc(NC(N)=O)c1. The van der Waals surface area contributed by atoms with Crippen LogP contribution in [0.1, 0.15) is 13.8 Å². The molecule has 0 fully saturated rings. The predicted molar refractivity (Wildman–Crippen MR) is 69.4 cm³/mol. The number of hydrogen-bond donors (Lipinski definition) is 3. The monoisotopic (exact) mass is 251 g/mol. The van der Waals surface area contributed by atoms with Crippen LogP contribution < -0.4 is 16.4 Å². The van der Waals surface area contributed by atoms with Gasteiger partial charge in [-0.15, -0.1) is 0 Å². The molecule has 3 amide bonds. The molecule has 0 aliphatic rings. The molecule has 1 aromatic carbocycles. The van der Waals surface area contributed by atoms with Crippen LogP contribution in [0.4, 0.5) is 16.2 Å². The summed E-state index contributed by atoms with van der Waals surface area (Å²) < 4.78 is 5.17. The van der Waals surface area contributed by atoms with E-state index in [9.17, 15) is 9.59 Å². The highest BCUT2D eigenvalue weighted by molar-refractivity contribution is 5.93. The molecular formula is C12H17N3O3. The molecule has 0 bridgehead atoms. The molecule has 0 radical (unpaired) electrons. The van der Waals surface area contributed by atoms with Gasteiger partial charge in [0.15, 0.2) is 0 Å². The number of urea groups is 1. The molecule has 6 nitrogen and oxygen atoms in total. The lowest BCUT2D eigenvalue weighted by atomic mass is 10.2. The fourth-order valence-electron chi connectivity index (χ4n) is 1.26. The van der Waals surface area contributed by atoms with Crippen LogP contribution in [0.25, 0.3) is 0 Å². The Labute approximate surface area is 105 Å². The molecule has 4 N–H and O–H groups in total. The van der Waals surface area contributed by atoms with E-state index in [1.807, 2.05) is 13.8 Å². The van der Waals surface area contributed by atoms with Gasteiger partial charge in [-0.3, -0.25) is 4.79 Å². The van der Waals surface area contributed by atoms with E-state index in [4.69, 9.17) is 10.5 Å². The molecule has 0 aromatic heterocycles. The van der Waals surface area contributed by atoms with Crippen molar-refractivity contribution in [2.45, 2.75) is 20.0 Å². The number of rotatable bonds is 5. The normalized spacial score (nSPS) is 10.2. The highest BCUT2D eigenvalue weighted by atomic mass is 16.5. The number of carbonyl (C=O) groups is 2. The molecule has 0 saturated heterocycles. The van der Waals surface area contributed by atoms with Gasteiger partial charge in [-0.2, -0.15) is 0 Å². The molecule has 0 aliphatic heterocycles. The molecule has 0 heterocycles. The third-order valence-electron chi connectivity index (χ3n) is 1.96. The van der Waals surface area contributed by atoms with E-state index < -0.39 is 6.03 Å². The first-order valence-electron chi connectivity index (χ1n) is 5.55. The molecule has 0 saturated carbocycles. The minimum atomic E-state index is -0.651. The Balaban J connectivity index is 2.56. The lowest BCUT2D eigenvalue weighted by molar-refractivity contribution is -0.121. The summed E-state index contributed by atoms with van der Waals surface area (Å²) in [5.74, 6) is -0.250. The Morgan fingerprint density at radius 3 is 2.44 bits per heavy atom. The molecule has 6 heteroatoms.